The van der Waals surface area contributed by atoms with Crippen LogP contribution in [0.5, 0.6) is 0 Å². The third kappa shape index (κ3) is 6.05. The molecule has 1 aliphatic heterocycles. The van der Waals surface area contributed by atoms with Gasteiger partial charge in [0.25, 0.3) is 5.91 Å². The van der Waals surface area contributed by atoms with Crippen molar-refractivity contribution in [3.05, 3.63) is 94.6 Å². The van der Waals surface area contributed by atoms with Crippen LogP contribution in [-0.2, 0) is 10.0 Å². The second kappa shape index (κ2) is 12.1. The van der Waals surface area contributed by atoms with Crippen molar-refractivity contribution in [3.63, 3.8) is 0 Å². The maximum absolute atomic E-state index is 13.7. The van der Waals surface area contributed by atoms with Gasteiger partial charge in [-0.15, -0.1) is 0 Å². The quantitative estimate of drug-likeness (QED) is 0.235. The van der Waals surface area contributed by atoms with Crippen molar-refractivity contribution >= 4 is 50.6 Å². The van der Waals surface area contributed by atoms with Gasteiger partial charge in [0.1, 0.15) is 17.2 Å². The van der Waals surface area contributed by atoms with Gasteiger partial charge in [0, 0.05) is 55.9 Å². The molecule has 0 radical (unpaired) electrons. The summed E-state index contributed by atoms with van der Waals surface area (Å²) in [4.78, 5) is 13.1. The zero-order valence-electron chi connectivity index (χ0n) is 23.1. The third-order valence-corrected chi connectivity index (χ3v) is 9.70. The van der Waals surface area contributed by atoms with Gasteiger partial charge in [0.2, 0.25) is 10.0 Å². The molecule has 1 atom stereocenters. The highest BCUT2D eigenvalue weighted by Crippen LogP contribution is 2.42. The Kier molecular flexibility index (Phi) is 8.53. The molecule has 1 unspecified atom stereocenters. The Labute approximate surface area is 244 Å². The van der Waals surface area contributed by atoms with Crippen molar-refractivity contribution in [3.8, 4) is 11.3 Å². The molecule has 2 heterocycles. The molecule has 0 saturated carbocycles. The highest BCUT2D eigenvalue weighted by atomic mass is 32.2. The summed E-state index contributed by atoms with van der Waals surface area (Å²) in [6.45, 7) is 0.762. The summed E-state index contributed by atoms with van der Waals surface area (Å²) in [7, 11) is -0.146. The lowest BCUT2D eigenvalue weighted by Gasteiger charge is -2.33. The Hall–Kier alpha value is -3.60. The highest BCUT2D eigenvalue weighted by molar-refractivity contribution is 7.99. The number of fused-ring (bicyclic) bond motifs is 1. The van der Waals surface area contributed by atoms with Gasteiger partial charge in [-0.25, -0.2) is 12.8 Å². The van der Waals surface area contributed by atoms with Crippen LogP contribution in [0.2, 0.25) is 0 Å². The molecule has 1 aliphatic rings. The number of halogens is 1. The number of benzene rings is 3. The number of hydrogen-bond donors (Lipinski definition) is 1. The predicted octanol–water partition coefficient (Wildman–Crippen LogP) is 6.49. The second-order valence-corrected chi connectivity index (χ2v) is 12.7. The fourth-order valence-electron chi connectivity index (χ4n) is 5.24. The first kappa shape index (κ1) is 28.9. The number of rotatable bonds is 8. The van der Waals surface area contributed by atoms with Crippen LogP contribution in [0.3, 0.4) is 0 Å². The molecule has 0 aliphatic carbocycles. The molecule has 4 aromatic rings. The fraction of sp³-hybridized carbons (Fsp3) is 0.258. The number of amides is 1. The number of carbonyl (C=O) groups excluding carboxylic acids is 1. The molecule has 3 aromatic carbocycles. The molecule has 1 fully saturated rings. The van der Waals surface area contributed by atoms with Crippen LogP contribution in [0.25, 0.3) is 28.4 Å². The van der Waals surface area contributed by atoms with Gasteiger partial charge in [-0.3, -0.25) is 4.79 Å². The molecular formula is C31H32FN3O4S2. The summed E-state index contributed by atoms with van der Waals surface area (Å²) in [6.07, 6.45) is 5.09. The average molecular weight is 594 g/mol. The molecule has 1 aromatic heterocycles. The van der Waals surface area contributed by atoms with Crippen molar-refractivity contribution in [1.29, 1.82) is 0 Å². The van der Waals surface area contributed by atoms with Gasteiger partial charge < -0.3 is 14.0 Å². The van der Waals surface area contributed by atoms with Crippen LogP contribution >= 0.6 is 11.9 Å². The minimum atomic E-state index is -3.64. The summed E-state index contributed by atoms with van der Waals surface area (Å²) in [5, 5.41) is 4.60. The number of nitrogens with zero attached hydrogens (tertiary/aromatic N) is 2. The van der Waals surface area contributed by atoms with Crippen LogP contribution in [0.4, 0.5) is 10.1 Å². The highest BCUT2D eigenvalue weighted by Gasteiger charge is 2.32. The fourth-order valence-corrected chi connectivity index (χ4v) is 6.87. The number of anilines is 1. The van der Waals surface area contributed by atoms with E-state index in [9.17, 15) is 17.6 Å². The van der Waals surface area contributed by atoms with E-state index < -0.39 is 10.0 Å². The molecule has 1 saturated heterocycles. The van der Waals surface area contributed by atoms with Crippen molar-refractivity contribution in [2.45, 2.75) is 18.8 Å². The van der Waals surface area contributed by atoms with E-state index in [4.69, 9.17) is 4.42 Å². The number of carbonyl (C=O) groups is 1. The Morgan fingerprint density at radius 2 is 1.88 bits per heavy atom. The number of piperidine rings is 1. The number of sulfonamides is 1. The number of hydrogen-bond acceptors (Lipinski definition) is 6. The van der Waals surface area contributed by atoms with E-state index in [1.54, 1.807) is 25.3 Å². The zero-order valence-corrected chi connectivity index (χ0v) is 24.8. The molecule has 10 heteroatoms. The van der Waals surface area contributed by atoms with Crippen LogP contribution in [0.1, 0.15) is 40.2 Å². The van der Waals surface area contributed by atoms with Crippen molar-refractivity contribution < 1.29 is 22.0 Å². The SMILES string of the molecule is CNC(=O)c1c(-c2ccc(F)cc2)oc2cc(N(C)SC)c(C3CCCN(S(=O)(=O)C=Cc4ccccc4)C3)cc12. The summed E-state index contributed by atoms with van der Waals surface area (Å²) >= 11 is 1.52. The molecule has 1 amide bonds. The minimum Gasteiger partial charge on any atom is -0.455 e. The normalized spacial score (nSPS) is 16.3. The van der Waals surface area contributed by atoms with E-state index in [1.165, 1.54) is 33.8 Å². The molecule has 0 bridgehead atoms. The molecule has 0 spiro atoms. The first-order valence-corrected chi connectivity index (χ1v) is 16.0. The van der Waals surface area contributed by atoms with Crippen LogP contribution < -0.4 is 9.62 Å². The number of furan rings is 1. The summed E-state index contributed by atoms with van der Waals surface area (Å²) < 4.78 is 50.1. The van der Waals surface area contributed by atoms with Crippen molar-refractivity contribution in [2.24, 2.45) is 0 Å². The van der Waals surface area contributed by atoms with Gasteiger partial charge >= 0.3 is 0 Å². The van der Waals surface area contributed by atoms with E-state index in [-0.39, 0.29) is 17.6 Å². The maximum atomic E-state index is 13.7. The monoisotopic (exact) mass is 593 g/mol. The Bertz CT molecular complexity index is 1690. The van der Waals surface area contributed by atoms with E-state index in [0.29, 0.717) is 47.4 Å². The van der Waals surface area contributed by atoms with Crippen LogP contribution in [0, 0.1) is 5.82 Å². The first-order chi connectivity index (χ1) is 19.7. The minimum absolute atomic E-state index is 0.0978. The second-order valence-electron chi connectivity index (χ2n) is 9.93. The zero-order chi connectivity index (χ0) is 29.1. The lowest BCUT2D eigenvalue weighted by atomic mass is 9.89. The van der Waals surface area contributed by atoms with Crippen molar-refractivity contribution in [1.82, 2.24) is 9.62 Å². The van der Waals surface area contributed by atoms with Gasteiger partial charge in [-0.05, 0) is 66.3 Å². The largest absolute Gasteiger partial charge is 0.455 e. The summed E-state index contributed by atoms with van der Waals surface area (Å²) in [5.41, 5.74) is 4.11. The smallest absolute Gasteiger partial charge is 0.255 e. The van der Waals surface area contributed by atoms with Gasteiger partial charge in [-0.2, -0.15) is 4.31 Å². The molecule has 5 rings (SSSR count). The van der Waals surface area contributed by atoms with E-state index in [1.807, 2.05) is 60.1 Å². The standard InChI is InChI=1S/C31H32FN3O4S2/c1-33-31(36)29-26-18-25(23-10-7-16-35(20-23)41(37,38)17-15-21-8-5-4-6-9-21)27(34(2)40-3)19-28(26)39-30(29)22-11-13-24(32)14-12-22/h4-6,8-9,11-15,17-19,23H,7,10,16,20H2,1-3H3,(H,33,36). The first-order valence-electron chi connectivity index (χ1n) is 13.3. The lowest BCUT2D eigenvalue weighted by Crippen LogP contribution is -2.38. The predicted molar refractivity (Wildman–Crippen MR) is 165 cm³/mol. The average Bonchev–Trinajstić information content (AvgIpc) is 3.38. The van der Waals surface area contributed by atoms with E-state index >= 15 is 0 Å². The van der Waals surface area contributed by atoms with Gasteiger partial charge in [0.05, 0.1) is 11.3 Å². The molecule has 41 heavy (non-hydrogen) atoms. The Balaban J connectivity index is 1.58. The van der Waals surface area contributed by atoms with Gasteiger partial charge in [0.15, 0.2) is 0 Å². The summed E-state index contributed by atoms with van der Waals surface area (Å²) in [6, 6.07) is 19.0. The van der Waals surface area contributed by atoms with Crippen LogP contribution in [-0.4, -0.2) is 52.1 Å². The van der Waals surface area contributed by atoms with E-state index in [0.717, 1.165) is 23.2 Å². The molecule has 214 valence electrons. The lowest BCUT2D eigenvalue weighted by molar-refractivity contribution is 0.0964. The van der Waals surface area contributed by atoms with Crippen LogP contribution in [0.15, 0.2) is 76.6 Å². The summed E-state index contributed by atoms with van der Waals surface area (Å²) in [5.74, 6) is -0.445. The third-order valence-electron chi connectivity index (χ3n) is 7.43. The molecule has 1 N–H and O–H groups in total. The number of nitrogens with one attached hydrogen (secondary N) is 1. The van der Waals surface area contributed by atoms with Gasteiger partial charge in [-0.1, -0.05) is 42.3 Å². The molecule has 7 nitrogen and oxygen atoms in total. The Morgan fingerprint density at radius 3 is 2.56 bits per heavy atom. The molecular weight excluding hydrogens is 561 g/mol. The van der Waals surface area contributed by atoms with E-state index in [2.05, 4.69) is 5.32 Å². The topological polar surface area (TPSA) is 82.9 Å². The maximum Gasteiger partial charge on any atom is 0.255 e. The Morgan fingerprint density at radius 1 is 1.15 bits per heavy atom. The van der Waals surface area contributed by atoms with Crippen molar-refractivity contribution in [2.75, 3.05) is 37.7 Å².